The van der Waals surface area contributed by atoms with E-state index in [1.54, 1.807) is 10.8 Å². The molecule has 21 heavy (non-hydrogen) atoms. The van der Waals surface area contributed by atoms with E-state index in [4.69, 9.17) is 4.74 Å². The molecule has 0 N–H and O–H groups in total. The third kappa shape index (κ3) is 2.59. The van der Waals surface area contributed by atoms with Crippen LogP contribution in [0.15, 0.2) is 64.0 Å². The second kappa shape index (κ2) is 5.74. The summed E-state index contributed by atoms with van der Waals surface area (Å²) < 4.78 is 8.20. The minimum absolute atomic E-state index is 0.0547. The summed E-state index contributed by atoms with van der Waals surface area (Å²) in [5.74, 6) is 0.712. The Morgan fingerprint density at radius 3 is 2.57 bits per heavy atom. The predicted octanol–water partition coefficient (Wildman–Crippen LogP) is 4.15. The smallest absolute Gasteiger partial charge is 0.263 e. The first-order valence-electron chi connectivity index (χ1n) is 6.74. The zero-order valence-electron chi connectivity index (χ0n) is 11.5. The summed E-state index contributed by atoms with van der Waals surface area (Å²) in [5, 5.41) is 1.47. The highest BCUT2D eigenvalue weighted by molar-refractivity contribution is 9.10. The Kier molecular flexibility index (Phi) is 3.80. The second-order valence-corrected chi connectivity index (χ2v) is 5.54. The van der Waals surface area contributed by atoms with E-state index >= 15 is 0 Å². The third-order valence-electron chi connectivity index (χ3n) is 3.28. The van der Waals surface area contributed by atoms with Crippen LogP contribution in [0.3, 0.4) is 0 Å². The van der Waals surface area contributed by atoms with E-state index in [2.05, 4.69) is 15.9 Å². The number of hydrogen-bond acceptors (Lipinski definition) is 2. The van der Waals surface area contributed by atoms with Crippen LogP contribution in [0.1, 0.15) is 6.92 Å². The summed E-state index contributed by atoms with van der Waals surface area (Å²) in [5.41, 5.74) is 0.770. The van der Waals surface area contributed by atoms with Crippen LogP contribution >= 0.6 is 15.9 Å². The van der Waals surface area contributed by atoms with Crippen LogP contribution in [0.2, 0.25) is 0 Å². The molecule has 0 saturated carbocycles. The van der Waals surface area contributed by atoms with Crippen molar-refractivity contribution >= 4 is 26.7 Å². The summed E-state index contributed by atoms with van der Waals surface area (Å²) in [6.45, 7) is 2.49. The van der Waals surface area contributed by atoms with E-state index < -0.39 is 0 Å². The molecule has 0 atom stereocenters. The number of pyridine rings is 1. The SMILES string of the molecule is CCOc1cn(-c2ccccc2)c(=O)c2cc(Br)ccc12. The molecular formula is C17H14BrNO2. The fourth-order valence-corrected chi connectivity index (χ4v) is 2.70. The third-order valence-corrected chi connectivity index (χ3v) is 3.77. The molecule has 0 amide bonds. The van der Waals surface area contributed by atoms with Crippen molar-refractivity contribution < 1.29 is 4.74 Å². The van der Waals surface area contributed by atoms with Crippen molar-refractivity contribution in [2.45, 2.75) is 6.92 Å². The van der Waals surface area contributed by atoms with E-state index in [1.165, 1.54) is 0 Å². The maximum atomic E-state index is 12.7. The highest BCUT2D eigenvalue weighted by Gasteiger charge is 2.11. The Bertz CT molecular complexity index is 841. The van der Waals surface area contributed by atoms with Crippen molar-refractivity contribution in [3.05, 3.63) is 69.6 Å². The van der Waals surface area contributed by atoms with Crippen LogP contribution in [0.4, 0.5) is 0 Å². The predicted molar refractivity (Wildman–Crippen MR) is 88.4 cm³/mol. The van der Waals surface area contributed by atoms with Crippen molar-refractivity contribution in [2.24, 2.45) is 0 Å². The monoisotopic (exact) mass is 343 g/mol. The van der Waals surface area contributed by atoms with Crippen molar-refractivity contribution in [3.63, 3.8) is 0 Å². The molecular weight excluding hydrogens is 330 g/mol. The van der Waals surface area contributed by atoms with Gasteiger partial charge in [0.2, 0.25) is 0 Å². The minimum Gasteiger partial charge on any atom is -0.492 e. The number of fused-ring (bicyclic) bond motifs is 1. The zero-order chi connectivity index (χ0) is 14.8. The van der Waals surface area contributed by atoms with Gasteiger partial charge in [0.15, 0.2) is 0 Å². The number of hydrogen-bond donors (Lipinski definition) is 0. The fourth-order valence-electron chi connectivity index (χ4n) is 2.33. The van der Waals surface area contributed by atoms with Gasteiger partial charge in [0.25, 0.3) is 5.56 Å². The Morgan fingerprint density at radius 2 is 1.86 bits per heavy atom. The number of ether oxygens (including phenoxy) is 1. The largest absolute Gasteiger partial charge is 0.492 e. The Labute approximate surface area is 130 Å². The van der Waals surface area contributed by atoms with Crippen molar-refractivity contribution in [2.75, 3.05) is 6.61 Å². The van der Waals surface area contributed by atoms with Crippen LogP contribution < -0.4 is 10.3 Å². The van der Waals surface area contributed by atoms with Gasteiger partial charge in [0, 0.05) is 15.5 Å². The number of nitrogens with zero attached hydrogens (tertiary/aromatic N) is 1. The molecule has 106 valence electrons. The molecule has 3 rings (SSSR count). The van der Waals surface area contributed by atoms with E-state index in [0.717, 1.165) is 15.5 Å². The highest BCUT2D eigenvalue weighted by Crippen LogP contribution is 2.26. The van der Waals surface area contributed by atoms with Crippen LogP contribution in [-0.2, 0) is 0 Å². The summed E-state index contributed by atoms with van der Waals surface area (Å²) in [4.78, 5) is 12.7. The van der Waals surface area contributed by atoms with Crippen molar-refractivity contribution in [3.8, 4) is 11.4 Å². The van der Waals surface area contributed by atoms with Gasteiger partial charge in [-0.05, 0) is 37.3 Å². The molecule has 0 spiro atoms. The molecule has 2 aromatic carbocycles. The van der Waals surface area contributed by atoms with Gasteiger partial charge >= 0.3 is 0 Å². The second-order valence-electron chi connectivity index (χ2n) is 4.63. The number of rotatable bonds is 3. The number of para-hydroxylation sites is 1. The normalized spacial score (nSPS) is 10.8. The van der Waals surface area contributed by atoms with E-state index in [9.17, 15) is 4.79 Å². The summed E-state index contributed by atoms with van der Waals surface area (Å²) >= 11 is 3.42. The lowest BCUT2D eigenvalue weighted by atomic mass is 10.1. The fraction of sp³-hybridized carbons (Fsp3) is 0.118. The quantitative estimate of drug-likeness (QED) is 0.715. The molecule has 3 nitrogen and oxygen atoms in total. The van der Waals surface area contributed by atoms with Gasteiger partial charge in [-0.25, -0.2) is 0 Å². The van der Waals surface area contributed by atoms with Crippen molar-refractivity contribution in [1.82, 2.24) is 4.57 Å². The maximum absolute atomic E-state index is 12.7. The van der Waals surface area contributed by atoms with E-state index in [1.807, 2.05) is 55.5 Å². The number of benzene rings is 2. The van der Waals surface area contributed by atoms with Gasteiger partial charge < -0.3 is 4.74 Å². The van der Waals surface area contributed by atoms with Gasteiger partial charge in [-0.1, -0.05) is 34.1 Å². The van der Waals surface area contributed by atoms with Gasteiger partial charge in [0.05, 0.1) is 18.2 Å². The molecule has 3 aromatic rings. The van der Waals surface area contributed by atoms with E-state index in [-0.39, 0.29) is 5.56 Å². The first-order valence-corrected chi connectivity index (χ1v) is 7.53. The molecule has 0 bridgehead atoms. The average molecular weight is 344 g/mol. The Hall–Kier alpha value is -2.07. The molecule has 0 fully saturated rings. The molecule has 4 heteroatoms. The molecule has 0 unspecified atom stereocenters. The molecule has 0 aliphatic carbocycles. The lowest BCUT2D eigenvalue weighted by Gasteiger charge is -2.12. The minimum atomic E-state index is -0.0547. The summed E-state index contributed by atoms with van der Waals surface area (Å²) in [6.07, 6.45) is 1.76. The van der Waals surface area contributed by atoms with Crippen molar-refractivity contribution in [1.29, 1.82) is 0 Å². The molecule has 0 radical (unpaired) electrons. The molecule has 1 aromatic heterocycles. The molecule has 0 saturated heterocycles. The van der Waals surface area contributed by atoms with Crippen LogP contribution in [0.25, 0.3) is 16.5 Å². The maximum Gasteiger partial charge on any atom is 0.263 e. The van der Waals surface area contributed by atoms with Gasteiger partial charge in [-0.3, -0.25) is 9.36 Å². The lowest BCUT2D eigenvalue weighted by molar-refractivity contribution is 0.342. The topological polar surface area (TPSA) is 31.2 Å². The highest BCUT2D eigenvalue weighted by atomic mass is 79.9. The number of aromatic nitrogens is 1. The molecule has 0 aliphatic heterocycles. The van der Waals surface area contributed by atoms with Gasteiger partial charge in [0.1, 0.15) is 5.75 Å². The zero-order valence-corrected chi connectivity index (χ0v) is 13.1. The first kappa shape index (κ1) is 13.9. The summed E-state index contributed by atoms with van der Waals surface area (Å²) in [6, 6.07) is 15.2. The van der Waals surface area contributed by atoms with Crippen LogP contribution in [0.5, 0.6) is 5.75 Å². The Balaban J connectivity index is 2.36. The molecule has 1 heterocycles. The average Bonchev–Trinajstić information content (AvgIpc) is 2.51. The standard InChI is InChI=1S/C17H14BrNO2/c1-2-21-16-11-19(13-6-4-3-5-7-13)17(20)15-10-12(18)8-9-14(15)16/h3-11H,2H2,1H3. The number of halogens is 1. The van der Waals surface area contributed by atoms with Crippen LogP contribution in [-0.4, -0.2) is 11.2 Å². The van der Waals surface area contributed by atoms with Gasteiger partial charge in [-0.15, -0.1) is 0 Å². The van der Waals surface area contributed by atoms with Gasteiger partial charge in [-0.2, -0.15) is 0 Å². The van der Waals surface area contributed by atoms with Crippen LogP contribution in [0, 0.1) is 0 Å². The Morgan fingerprint density at radius 1 is 1.10 bits per heavy atom. The molecule has 0 aliphatic rings. The summed E-state index contributed by atoms with van der Waals surface area (Å²) in [7, 11) is 0. The first-order chi connectivity index (χ1) is 10.2. The van der Waals surface area contributed by atoms with E-state index in [0.29, 0.717) is 17.7 Å². The lowest BCUT2D eigenvalue weighted by Crippen LogP contribution is -2.18.